The number of carbonyl (C=O) groups is 1. The van der Waals surface area contributed by atoms with Gasteiger partial charge in [-0.25, -0.2) is 13.9 Å². The van der Waals surface area contributed by atoms with Crippen molar-refractivity contribution in [3.63, 3.8) is 0 Å². The Balaban J connectivity index is 1.46. The van der Waals surface area contributed by atoms with Gasteiger partial charge in [0.2, 0.25) is 5.91 Å². The van der Waals surface area contributed by atoms with Gasteiger partial charge in [-0.3, -0.25) is 9.36 Å². The Morgan fingerprint density at radius 1 is 1.15 bits per heavy atom. The van der Waals surface area contributed by atoms with E-state index in [1.54, 1.807) is 23.7 Å². The van der Waals surface area contributed by atoms with Crippen LogP contribution in [0.5, 0.6) is 0 Å². The van der Waals surface area contributed by atoms with E-state index in [9.17, 15) is 14.0 Å². The first kappa shape index (κ1) is 17.0. The zero-order valence-electron chi connectivity index (χ0n) is 14.9. The number of carbonyl (C=O) groups excluding carboxylic acids is 1. The predicted molar refractivity (Wildman–Crippen MR) is 94.2 cm³/mol. The molecule has 1 saturated heterocycles. The standard InChI is InChI=1S/C19H23FN4O2/c1-22-17(14-8-10-23(11-9-14)18(25)15-4-5-15)21-24(19(22)26)12-13-2-6-16(20)7-3-13/h2-3,6-7,14-15H,4-5,8-12H2,1H3. The third kappa shape index (κ3) is 3.30. The molecule has 138 valence electrons. The number of likely N-dealkylation sites (tertiary alicyclic amines) is 1. The lowest BCUT2D eigenvalue weighted by molar-refractivity contribution is -0.133. The Hall–Kier alpha value is -2.44. The van der Waals surface area contributed by atoms with Crippen LogP contribution in [0.2, 0.25) is 0 Å². The fourth-order valence-corrected chi connectivity index (χ4v) is 3.67. The molecule has 1 saturated carbocycles. The molecule has 4 rings (SSSR count). The molecule has 0 N–H and O–H groups in total. The van der Waals surface area contributed by atoms with Gasteiger partial charge in [-0.2, -0.15) is 5.10 Å². The monoisotopic (exact) mass is 358 g/mol. The average Bonchev–Trinajstić information content (AvgIpc) is 3.46. The van der Waals surface area contributed by atoms with Gasteiger partial charge in [-0.1, -0.05) is 12.1 Å². The highest BCUT2D eigenvalue weighted by Crippen LogP contribution is 2.33. The van der Waals surface area contributed by atoms with Crippen molar-refractivity contribution in [2.45, 2.75) is 38.1 Å². The number of nitrogens with zero attached hydrogens (tertiary/aromatic N) is 4. The van der Waals surface area contributed by atoms with Gasteiger partial charge in [-0.15, -0.1) is 0 Å². The largest absolute Gasteiger partial charge is 0.345 e. The maximum atomic E-state index is 13.0. The third-order valence-electron chi connectivity index (χ3n) is 5.42. The number of hydrogen-bond acceptors (Lipinski definition) is 3. The molecule has 2 heterocycles. The van der Waals surface area contributed by atoms with Crippen LogP contribution >= 0.6 is 0 Å². The molecule has 2 aliphatic rings. The Kier molecular flexibility index (Phi) is 4.38. The molecule has 0 unspecified atom stereocenters. The van der Waals surface area contributed by atoms with Crippen molar-refractivity contribution in [1.29, 1.82) is 0 Å². The van der Waals surface area contributed by atoms with Crippen molar-refractivity contribution in [3.8, 4) is 0 Å². The minimum absolute atomic E-state index is 0.166. The molecule has 0 spiro atoms. The number of rotatable bonds is 4. The third-order valence-corrected chi connectivity index (χ3v) is 5.42. The van der Waals surface area contributed by atoms with E-state index < -0.39 is 0 Å². The van der Waals surface area contributed by atoms with Gasteiger partial charge in [0.15, 0.2) is 0 Å². The van der Waals surface area contributed by atoms with Crippen LogP contribution in [0.3, 0.4) is 0 Å². The fourth-order valence-electron chi connectivity index (χ4n) is 3.67. The topological polar surface area (TPSA) is 60.1 Å². The summed E-state index contributed by atoms with van der Waals surface area (Å²) in [6, 6.07) is 6.10. The molecular weight excluding hydrogens is 335 g/mol. The lowest BCUT2D eigenvalue weighted by Crippen LogP contribution is -2.39. The second-order valence-electron chi connectivity index (χ2n) is 7.36. The van der Waals surface area contributed by atoms with Gasteiger partial charge in [0.25, 0.3) is 0 Å². The van der Waals surface area contributed by atoms with Crippen LogP contribution in [0.4, 0.5) is 4.39 Å². The summed E-state index contributed by atoms with van der Waals surface area (Å²) in [6.07, 6.45) is 3.72. The summed E-state index contributed by atoms with van der Waals surface area (Å²) in [7, 11) is 1.74. The summed E-state index contributed by atoms with van der Waals surface area (Å²) in [4.78, 5) is 26.6. The molecule has 1 aliphatic heterocycles. The lowest BCUT2D eigenvalue weighted by Gasteiger charge is -2.31. The van der Waals surface area contributed by atoms with Crippen molar-refractivity contribution in [2.75, 3.05) is 13.1 Å². The first-order valence-corrected chi connectivity index (χ1v) is 9.20. The van der Waals surface area contributed by atoms with Crippen LogP contribution in [0, 0.1) is 11.7 Å². The Bertz CT molecular complexity index is 859. The minimum atomic E-state index is -0.296. The molecule has 0 atom stereocenters. The normalized spacial score (nSPS) is 18.3. The first-order valence-electron chi connectivity index (χ1n) is 9.20. The van der Waals surface area contributed by atoms with E-state index in [-0.39, 0.29) is 23.3 Å². The molecule has 6 nitrogen and oxygen atoms in total. The van der Waals surface area contributed by atoms with Crippen LogP contribution in [-0.4, -0.2) is 38.2 Å². The molecule has 2 fully saturated rings. The molecule has 7 heteroatoms. The second kappa shape index (κ2) is 6.70. The smallest absolute Gasteiger partial charge is 0.342 e. The van der Waals surface area contributed by atoms with E-state index in [0.29, 0.717) is 12.5 Å². The second-order valence-corrected chi connectivity index (χ2v) is 7.36. The Morgan fingerprint density at radius 2 is 1.81 bits per heavy atom. The highest BCUT2D eigenvalue weighted by molar-refractivity contribution is 5.81. The fraction of sp³-hybridized carbons (Fsp3) is 0.526. The molecule has 2 aromatic rings. The van der Waals surface area contributed by atoms with Crippen LogP contribution in [0.1, 0.15) is 43.0 Å². The van der Waals surface area contributed by atoms with Crippen molar-refractivity contribution < 1.29 is 9.18 Å². The summed E-state index contributed by atoms with van der Waals surface area (Å²) in [5, 5.41) is 4.54. The summed E-state index contributed by atoms with van der Waals surface area (Å²) < 4.78 is 16.1. The van der Waals surface area contributed by atoms with Crippen molar-refractivity contribution in [3.05, 3.63) is 52.0 Å². The number of piperidine rings is 1. The van der Waals surface area contributed by atoms with Crippen molar-refractivity contribution in [1.82, 2.24) is 19.2 Å². The van der Waals surface area contributed by atoms with Gasteiger partial charge >= 0.3 is 5.69 Å². The summed E-state index contributed by atoms with van der Waals surface area (Å²) >= 11 is 0. The maximum absolute atomic E-state index is 13.0. The van der Waals surface area contributed by atoms with E-state index in [0.717, 1.165) is 50.2 Å². The summed E-state index contributed by atoms with van der Waals surface area (Å²) in [5.74, 6) is 1.21. The van der Waals surface area contributed by atoms with Gasteiger partial charge in [0.05, 0.1) is 6.54 Å². The zero-order chi connectivity index (χ0) is 18.3. The van der Waals surface area contributed by atoms with Gasteiger partial charge < -0.3 is 4.90 Å². The Morgan fingerprint density at radius 3 is 2.42 bits per heavy atom. The van der Waals surface area contributed by atoms with Crippen LogP contribution in [-0.2, 0) is 18.4 Å². The molecule has 0 radical (unpaired) electrons. The minimum Gasteiger partial charge on any atom is -0.342 e. The SMILES string of the molecule is Cn1c(C2CCN(C(=O)C3CC3)CC2)nn(Cc2ccc(F)cc2)c1=O. The van der Waals surface area contributed by atoms with Crippen LogP contribution in [0.15, 0.2) is 29.1 Å². The average molecular weight is 358 g/mol. The van der Waals surface area contributed by atoms with Crippen molar-refractivity contribution >= 4 is 5.91 Å². The molecule has 0 bridgehead atoms. The molecule has 1 amide bonds. The summed E-state index contributed by atoms with van der Waals surface area (Å²) in [5.41, 5.74) is 0.670. The van der Waals surface area contributed by atoms with E-state index >= 15 is 0 Å². The van der Waals surface area contributed by atoms with Gasteiger partial charge in [0.1, 0.15) is 11.6 Å². The van der Waals surface area contributed by atoms with E-state index in [1.165, 1.54) is 16.8 Å². The highest BCUT2D eigenvalue weighted by atomic mass is 19.1. The zero-order valence-corrected chi connectivity index (χ0v) is 14.9. The number of benzene rings is 1. The van der Waals surface area contributed by atoms with E-state index in [2.05, 4.69) is 5.10 Å². The molecule has 26 heavy (non-hydrogen) atoms. The quantitative estimate of drug-likeness (QED) is 0.839. The molecule has 1 aliphatic carbocycles. The maximum Gasteiger partial charge on any atom is 0.345 e. The molecule has 1 aromatic carbocycles. The van der Waals surface area contributed by atoms with E-state index in [4.69, 9.17) is 0 Å². The molecule has 1 aromatic heterocycles. The van der Waals surface area contributed by atoms with Crippen LogP contribution in [0.25, 0.3) is 0 Å². The number of aromatic nitrogens is 3. The number of amides is 1. The molecular formula is C19H23FN4O2. The van der Waals surface area contributed by atoms with Gasteiger partial charge in [-0.05, 0) is 43.4 Å². The van der Waals surface area contributed by atoms with E-state index in [1.807, 2.05) is 4.90 Å². The summed E-state index contributed by atoms with van der Waals surface area (Å²) in [6.45, 7) is 1.80. The first-order chi connectivity index (χ1) is 12.5. The predicted octanol–water partition coefficient (Wildman–Crippen LogP) is 1.89. The van der Waals surface area contributed by atoms with Gasteiger partial charge in [0, 0.05) is 32.0 Å². The number of halogens is 1. The lowest BCUT2D eigenvalue weighted by atomic mass is 9.95. The van der Waals surface area contributed by atoms with Crippen molar-refractivity contribution in [2.24, 2.45) is 13.0 Å². The highest BCUT2D eigenvalue weighted by Gasteiger charge is 2.35. The Labute approximate surface area is 151 Å². The number of hydrogen-bond donors (Lipinski definition) is 0. The van der Waals surface area contributed by atoms with Crippen LogP contribution < -0.4 is 5.69 Å².